The van der Waals surface area contributed by atoms with Gasteiger partial charge < -0.3 is 15.0 Å². The lowest BCUT2D eigenvalue weighted by molar-refractivity contribution is 0.0137. The summed E-state index contributed by atoms with van der Waals surface area (Å²) in [6.07, 6.45) is 0.992. The van der Waals surface area contributed by atoms with Gasteiger partial charge >= 0.3 is 0 Å². The maximum atomic E-state index is 12.2. The number of hydrogen-bond acceptors (Lipinski definition) is 4. The Hall–Kier alpha value is -1.20. The van der Waals surface area contributed by atoms with E-state index in [1.54, 1.807) is 7.11 Å². The van der Waals surface area contributed by atoms with Crippen LogP contribution in [0.3, 0.4) is 0 Å². The summed E-state index contributed by atoms with van der Waals surface area (Å²) in [6.45, 7) is 0.571. The Kier molecular flexibility index (Phi) is 4.94. The van der Waals surface area contributed by atoms with E-state index in [0.717, 1.165) is 23.6 Å². The number of methoxy groups -OCH3 is 1. The maximum absolute atomic E-state index is 12.2. The highest BCUT2D eigenvalue weighted by Gasteiger charge is 2.34. The predicted octanol–water partition coefficient (Wildman–Crippen LogP) is 2.00. The van der Waals surface area contributed by atoms with E-state index < -0.39 is 0 Å². The van der Waals surface area contributed by atoms with E-state index in [-0.39, 0.29) is 11.5 Å². The van der Waals surface area contributed by atoms with Gasteiger partial charge in [0.15, 0.2) is 0 Å². The SMILES string of the molecule is CO[C@@]1(CNC(=O)c2cccc(N(C)C)c2)CCSC1. The number of ether oxygens (including phenoxy) is 1. The van der Waals surface area contributed by atoms with Gasteiger partial charge in [0.2, 0.25) is 0 Å². The van der Waals surface area contributed by atoms with Crippen molar-refractivity contribution < 1.29 is 9.53 Å². The molecule has 1 aromatic rings. The molecule has 0 saturated carbocycles. The lowest BCUT2D eigenvalue weighted by Crippen LogP contribution is -2.44. The molecule has 0 bridgehead atoms. The predicted molar refractivity (Wildman–Crippen MR) is 84.8 cm³/mol. The second-order valence-corrected chi connectivity index (χ2v) is 6.42. The van der Waals surface area contributed by atoms with Crippen molar-refractivity contribution in [2.24, 2.45) is 0 Å². The summed E-state index contributed by atoms with van der Waals surface area (Å²) in [5.74, 6) is 2.00. The van der Waals surface area contributed by atoms with E-state index in [2.05, 4.69) is 5.32 Å². The van der Waals surface area contributed by atoms with Gasteiger partial charge in [0.25, 0.3) is 5.91 Å². The second kappa shape index (κ2) is 6.50. The number of amides is 1. The number of nitrogens with one attached hydrogen (secondary N) is 1. The van der Waals surface area contributed by atoms with Gasteiger partial charge in [-0.1, -0.05) is 6.07 Å². The summed E-state index contributed by atoms with van der Waals surface area (Å²) >= 11 is 1.88. The quantitative estimate of drug-likeness (QED) is 0.902. The van der Waals surface area contributed by atoms with E-state index in [9.17, 15) is 4.79 Å². The molecule has 110 valence electrons. The van der Waals surface area contributed by atoms with Crippen LogP contribution in [-0.4, -0.2) is 50.8 Å². The van der Waals surface area contributed by atoms with Crippen molar-refractivity contribution in [3.05, 3.63) is 29.8 Å². The second-order valence-electron chi connectivity index (χ2n) is 5.32. The topological polar surface area (TPSA) is 41.6 Å². The molecule has 4 nitrogen and oxygen atoms in total. The molecule has 1 aliphatic rings. The number of carbonyl (C=O) groups excluding carboxylic acids is 1. The van der Waals surface area contributed by atoms with Crippen LogP contribution >= 0.6 is 11.8 Å². The first-order chi connectivity index (χ1) is 9.56. The number of nitrogens with zero attached hydrogens (tertiary/aromatic N) is 1. The third-order valence-corrected chi connectivity index (χ3v) is 4.92. The Morgan fingerprint density at radius 2 is 2.30 bits per heavy atom. The summed E-state index contributed by atoms with van der Waals surface area (Å²) in [5, 5.41) is 3.00. The van der Waals surface area contributed by atoms with Gasteiger partial charge in [-0.25, -0.2) is 0 Å². The van der Waals surface area contributed by atoms with E-state index in [1.165, 1.54) is 0 Å². The zero-order valence-corrected chi connectivity index (χ0v) is 13.1. The van der Waals surface area contributed by atoms with Crippen LogP contribution in [0.15, 0.2) is 24.3 Å². The number of hydrogen-bond donors (Lipinski definition) is 1. The molecule has 1 N–H and O–H groups in total. The van der Waals surface area contributed by atoms with Crippen LogP contribution in [0.5, 0.6) is 0 Å². The molecular weight excluding hydrogens is 272 g/mol. The fourth-order valence-electron chi connectivity index (χ4n) is 2.23. The molecule has 1 aliphatic heterocycles. The number of benzene rings is 1. The molecule has 1 heterocycles. The standard InChI is InChI=1S/C15H22N2O2S/c1-17(2)13-6-4-5-12(9-13)14(18)16-10-15(19-3)7-8-20-11-15/h4-6,9H,7-8,10-11H2,1-3H3,(H,16,18)/t15-/m1/s1. The third-order valence-electron chi connectivity index (χ3n) is 3.70. The van der Waals surface area contributed by atoms with Crippen molar-refractivity contribution in [2.75, 3.05) is 44.2 Å². The lowest BCUT2D eigenvalue weighted by Gasteiger charge is -2.26. The molecule has 1 saturated heterocycles. The molecule has 1 fully saturated rings. The van der Waals surface area contributed by atoms with E-state index in [4.69, 9.17) is 4.74 Å². The van der Waals surface area contributed by atoms with Crippen LogP contribution in [0.4, 0.5) is 5.69 Å². The molecule has 1 aromatic carbocycles. The number of rotatable bonds is 5. The van der Waals surface area contributed by atoms with Crippen LogP contribution in [0.1, 0.15) is 16.8 Å². The monoisotopic (exact) mass is 294 g/mol. The molecule has 1 amide bonds. The van der Waals surface area contributed by atoms with Gasteiger partial charge in [0.1, 0.15) is 0 Å². The van der Waals surface area contributed by atoms with E-state index >= 15 is 0 Å². The Morgan fingerprint density at radius 3 is 2.90 bits per heavy atom. The van der Waals surface area contributed by atoms with Crippen LogP contribution in [0.25, 0.3) is 0 Å². The van der Waals surface area contributed by atoms with Crippen molar-refractivity contribution in [3.8, 4) is 0 Å². The van der Waals surface area contributed by atoms with Crippen molar-refractivity contribution in [1.82, 2.24) is 5.32 Å². The fourth-order valence-corrected chi connectivity index (χ4v) is 3.63. The highest BCUT2D eigenvalue weighted by molar-refractivity contribution is 7.99. The third kappa shape index (κ3) is 3.46. The average Bonchev–Trinajstić information content (AvgIpc) is 2.94. The van der Waals surface area contributed by atoms with E-state index in [0.29, 0.717) is 12.1 Å². The molecule has 0 aliphatic carbocycles. The number of carbonyl (C=O) groups is 1. The van der Waals surface area contributed by atoms with Gasteiger partial charge in [0.05, 0.1) is 5.60 Å². The Bertz CT molecular complexity index is 471. The minimum Gasteiger partial charge on any atom is -0.378 e. The highest BCUT2D eigenvalue weighted by atomic mass is 32.2. The number of anilines is 1. The Balaban J connectivity index is 1.99. The van der Waals surface area contributed by atoms with Gasteiger partial charge in [-0.2, -0.15) is 11.8 Å². The van der Waals surface area contributed by atoms with Crippen LogP contribution in [0.2, 0.25) is 0 Å². The molecule has 0 radical (unpaired) electrons. The first-order valence-corrected chi connectivity index (χ1v) is 7.90. The summed E-state index contributed by atoms with van der Waals surface area (Å²) in [4.78, 5) is 14.2. The summed E-state index contributed by atoms with van der Waals surface area (Å²) in [6, 6.07) is 7.63. The van der Waals surface area contributed by atoms with Gasteiger partial charge in [-0.3, -0.25) is 4.79 Å². The summed E-state index contributed by atoms with van der Waals surface area (Å²) in [5.41, 5.74) is 1.52. The first-order valence-electron chi connectivity index (χ1n) is 6.75. The van der Waals surface area contributed by atoms with Crippen molar-refractivity contribution in [3.63, 3.8) is 0 Å². The van der Waals surface area contributed by atoms with Gasteiger partial charge in [-0.15, -0.1) is 0 Å². The zero-order valence-electron chi connectivity index (χ0n) is 12.3. The Morgan fingerprint density at radius 1 is 1.50 bits per heavy atom. The average molecular weight is 294 g/mol. The molecular formula is C15H22N2O2S. The number of thioether (sulfide) groups is 1. The van der Waals surface area contributed by atoms with Gasteiger partial charge in [0, 0.05) is 44.8 Å². The van der Waals surface area contributed by atoms with Crippen molar-refractivity contribution >= 4 is 23.4 Å². The summed E-state index contributed by atoms with van der Waals surface area (Å²) < 4.78 is 5.60. The molecule has 2 rings (SSSR count). The molecule has 0 unspecified atom stereocenters. The van der Waals surface area contributed by atoms with Crippen LogP contribution in [0, 0.1) is 0 Å². The lowest BCUT2D eigenvalue weighted by atomic mass is 10.0. The largest absolute Gasteiger partial charge is 0.378 e. The molecule has 1 atom stereocenters. The van der Waals surface area contributed by atoms with Gasteiger partial charge in [-0.05, 0) is 30.4 Å². The molecule has 0 spiro atoms. The van der Waals surface area contributed by atoms with Crippen LogP contribution in [-0.2, 0) is 4.74 Å². The summed E-state index contributed by atoms with van der Waals surface area (Å²) in [7, 11) is 5.66. The Labute approximate surface area is 124 Å². The van der Waals surface area contributed by atoms with Crippen molar-refractivity contribution in [1.29, 1.82) is 0 Å². The normalized spacial score (nSPS) is 21.8. The zero-order chi connectivity index (χ0) is 14.6. The van der Waals surface area contributed by atoms with Crippen LogP contribution < -0.4 is 10.2 Å². The molecule has 5 heteroatoms. The molecule has 20 heavy (non-hydrogen) atoms. The first kappa shape index (κ1) is 15.2. The highest BCUT2D eigenvalue weighted by Crippen LogP contribution is 2.30. The minimum atomic E-state index is -0.195. The van der Waals surface area contributed by atoms with Crippen molar-refractivity contribution in [2.45, 2.75) is 12.0 Å². The minimum absolute atomic E-state index is 0.0398. The maximum Gasteiger partial charge on any atom is 0.251 e. The van der Waals surface area contributed by atoms with E-state index in [1.807, 2.05) is 55.0 Å². The smallest absolute Gasteiger partial charge is 0.251 e. The fraction of sp³-hybridized carbons (Fsp3) is 0.533. The molecule has 0 aromatic heterocycles.